The van der Waals surface area contributed by atoms with Crippen LogP contribution in [0.3, 0.4) is 0 Å². The van der Waals surface area contributed by atoms with E-state index < -0.39 is 24.3 Å². The lowest BCUT2D eigenvalue weighted by Gasteiger charge is -2.16. The van der Waals surface area contributed by atoms with Crippen molar-refractivity contribution in [1.29, 1.82) is 0 Å². The Hall–Kier alpha value is -0.910. The maximum Gasteiger partial charge on any atom is 0.313 e. The molecule has 0 spiro atoms. The van der Waals surface area contributed by atoms with Crippen LogP contribution in [0.15, 0.2) is 11.6 Å². The van der Waals surface area contributed by atoms with Gasteiger partial charge in [-0.3, -0.25) is 4.79 Å². The van der Waals surface area contributed by atoms with Crippen molar-refractivity contribution >= 4 is 5.97 Å². The highest BCUT2D eigenvalue weighted by atomic mass is 16.6. The first-order chi connectivity index (χ1) is 6.60. The molecule has 3 atom stereocenters. The number of methoxy groups -OCH3 is 2. The summed E-state index contributed by atoms with van der Waals surface area (Å²) in [6.07, 6.45) is -0.215. The SMILES string of the molecule is COC(=O)C1CC(O)C=C1C(O)OC. The fourth-order valence-corrected chi connectivity index (χ4v) is 1.55. The lowest BCUT2D eigenvalue weighted by molar-refractivity contribution is -0.146. The lowest BCUT2D eigenvalue weighted by atomic mass is 10.0. The van der Waals surface area contributed by atoms with Crippen LogP contribution in [-0.2, 0) is 14.3 Å². The van der Waals surface area contributed by atoms with E-state index in [1.54, 1.807) is 0 Å². The average molecular weight is 202 g/mol. The molecule has 0 aromatic heterocycles. The Morgan fingerprint density at radius 3 is 2.79 bits per heavy atom. The van der Waals surface area contributed by atoms with Crippen molar-refractivity contribution in [3.63, 3.8) is 0 Å². The zero-order chi connectivity index (χ0) is 10.7. The van der Waals surface area contributed by atoms with Gasteiger partial charge in [0, 0.05) is 7.11 Å². The number of hydrogen-bond acceptors (Lipinski definition) is 5. The third kappa shape index (κ3) is 2.12. The molecule has 1 aliphatic rings. The van der Waals surface area contributed by atoms with Crippen molar-refractivity contribution in [3.8, 4) is 0 Å². The fraction of sp³-hybridized carbons (Fsp3) is 0.667. The number of carbonyl (C=O) groups excluding carboxylic acids is 1. The van der Waals surface area contributed by atoms with Crippen LogP contribution in [0.5, 0.6) is 0 Å². The van der Waals surface area contributed by atoms with Gasteiger partial charge in [-0.15, -0.1) is 0 Å². The standard InChI is InChI=1S/C9H14O5/c1-13-8(11)6-3-5(10)4-7(6)9(12)14-2/h3,5,7-8,10-11H,4H2,1-2H3. The number of rotatable bonds is 3. The summed E-state index contributed by atoms with van der Waals surface area (Å²) in [5.41, 5.74) is 0.367. The van der Waals surface area contributed by atoms with Gasteiger partial charge in [-0.25, -0.2) is 0 Å². The topological polar surface area (TPSA) is 76.0 Å². The van der Waals surface area contributed by atoms with Crippen molar-refractivity contribution in [2.75, 3.05) is 14.2 Å². The molecule has 0 aromatic rings. The Balaban J connectivity index is 2.78. The van der Waals surface area contributed by atoms with Gasteiger partial charge in [-0.1, -0.05) is 6.08 Å². The van der Waals surface area contributed by atoms with Gasteiger partial charge in [0.25, 0.3) is 0 Å². The van der Waals surface area contributed by atoms with Crippen molar-refractivity contribution < 1.29 is 24.5 Å². The molecule has 0 heterocycles. The van der Waals surface area contributed by atoms with Crippen LogP contribution in [-0.4, -0.2) is 42.8 Å². The third-order valence-corrected chi connectivity index (χ3v) is 2.26. The van der Waals surface area contributed by atoms with Crippen molar-refractivity contribution in [2.24, 2.45) is 5.92 Å². The highest BCUT2D eigenvalue weighted by Gasteiger charge is 2.35. The predicted octanol–water partition coefficient (Wildman–Crippen LogP) is -0.569. The average Bonchev–Trinajstić information content (AvgIpc) is 2.58. The second-order valence-electron chi connectivity index (χ2n) is 3.13. The van der Waals surface area contributed by atoms with E-state index in [2.05, 4.69) is 9.47 Å². The van der Waals surface area contributed by atoms with E-state index in [9.17, 15) is 15.0 Å². The molecule has 1 rings (SSSR count). The monoisotopic (exact) mass is 202 g/mol. The van der Waals surface area contributed by atoms with Gasteiger partial charge in [-0.2, -0.15) is 0 Å². The molecule has 3 unspecified atom stereocenters. The number of hydrogen-bond donors (Lipinski definition) is 2. The van der Waals surface area contributed by atoms with Crippen LogP contribution in [0.25, 0.3) is 0 Å². The van der Waals surface area contributed by atoms with Crippen LogP contribution in [0, 0.1) is 5.92 Å². The molecule has 0 saturated carbocycles. The first-order valence-corrected chi connectivity index (χ1v) is 4.28. The highest BCUT2D eigenvalue weighted by Crippen LogP contribution is 2.29. The van der Waals surface area contributed by atoms with Crippen molar-refractivity contribution in [2.45, 2.75) is 18.8 Å². The summed E-state index contributed by atoms with van der Waals surface area (Å²) < 4.78 is 9.23. The second-order valence-corrected chi connectivity index (χ2v) is 3.13. The summed E-state index contributed by atoms with van der Waals surface area (Å²) >= 11 is 0. The molecule has 80 valence electrons. The van der Waals surface area contributed by atoms with Crippen LogP contribution in [0.1, 0.15) is 6.42 Å². The van der Waals surface area contributed by atoms with E-state index in [0.29, 0.717) is 5.57 Å². The van der Waals surface area contributed by atoms with Gasteiger partial charge in [0.1, 0.15) is 0 Å². The maximum atomic E-state index is 11.2. The van der Waals surface area contributed by atoms with Crippen LogP contribution in [0.4, 0.5) is 0 Å². The molecule has 0 aromatic carbocycles. The van der Waals surface area contributed by atoms with Gasteiger partial charge in [0.15, 0.2) is 6.29 Å². The Bertz CT molecular complexity index is 248. The van der Waals surface area contributed by atoms with E-state index in [1.807, 2.05) is 0 Å². The van der Waals surface area contributed by atoms with Crippen LogP contribution < -0.4 is 0 Å². The van der Waals surface area contributed by atoms with Gasteiger partial charge in [0.2, 0.25) is 0 Å². The Kier molecular flexibility index (Phi) is 3.62. The molecule has 0 aliphatic heterocycles. The van der Waals surface area contributed by atoms with Crippen LogP contribution >= 0.6 is 0 Å². The Morgan fingerprint density at radius 1 is 1.64 bits per heavy atom. The van der Waals surface area contributed by atoms with E-state index >= 15 is 0 Å². The summed E-state index contributed by atoms with van der Waals surface area (Å²) in [5.74, 6) is -1.08. The molecule has 14 heavy (non-hydrogen) atoms. The van der Waals surface area contributed by atoms with E-state index in [-0.39, 0.29) is 6.42 Å². The quantitative estimate of drug-likeness (QED) is 0.364. The second kappa shape index (κ2) is 4.54. The molecule has 0 amide bonds. The summed E-state index contributed by atoms with van der Waals surface area (Å²) in [5, 5.41) is 18.7. The van der Waals surface area contributed by atoms with Gasteiger partial charge in [0.05, 0.1) is 19.1 Å². The summed E-state index contributed by atoms with van der Waals surface area (Å²) in [6, 6.07) is 0. The molecule has 0 fully saturated rings. The molecule has 1 aliphatic carbocycles. The number of esters is 1. The minimum absolute atomic E-state index is 0.239. The molecular formula is C9H14O5. The number of aliphatic hydroxyl groups excluding tert-OH is 2. The van der Waals surface area contributed by atoms with Gasteiger partial charge in [-0.05, 0) is 12.0 Å². The van der Waals surface area contributed by atoms with E-state index in [0.717, 1.165) is 0 Å². The summed E-state index contributed by atoms with van der Waals surface area (Å²) in [6.45, 7) is 0. The van der Waals surface area contributed by atoms with Gasteiger partial charge >= 0.3 is 5.97 Å². The molecule has 2 N–H and O–H groups in total. The summed E-state index contributed by atoms with van der Waals surface area (Å²) in [7, 11) is 2.59. The highest BCUT2D eigenvalue weighted by molar-refractivity contribution is 5.76. The minimum Gasteiger partial charge on any atom is -0.469 e. The largest absolute Gasteiger partial charge is 0.469 e. The normalized spacial score (nSPS) is 28.4. The maximum absolute atomic E-state index is 11.2. The first-order valence-electron chi connectivity index (χ1n) is 4.28. The molecule has 0 bridgehead atoms. The number of ether oxygens (including phenoxy) is 2. The van der Waals surface area contributed by atoms with Crippen molar-refractivity contribution in [3.05, 3.63) is 11.6 Å². The molecule has 0 radical (unpaired) electrons. The lowest BCUT2D eigenvalue weighted by Crippen LogP contribution is -2.24. The predicted molar refractivity (Wildman–Crippen MR) is 47.2 cm³/mol. The zero-order valence-electron chi connectivity index (χ0n) is 8.14. The number of aliphatic hydroxyl groups is 2. The minimum atomic E-state index is -1.16. The molecular weight excluding hydrogens is 188 g/mol. The molecule has 5 nitrogen and oxygen atoms in total. The fourth-order valence-electron chi connectivity index (χ4n) is 1.55. The van der Waals surface area contributed by atoms with Crippen LogP contribution in [0.2, 0.25) is 0 Å². The smallest absolute Gasteiger partial charge is 0.313 e. The number of carbonyl (C=O) groups is 1. The third-order valence-electron chi connectivity index (χ3n) is 2.26. The first kappa shape index (κ1) is 11.2. The molecule has 0 saturated heterocycles. The Morgan fingerprint density at radius 2 is 2.29 bits per heavy atom. The summed E-state index contributed by atoms with van der Waals surface area (Å²) in [4.78, 5) is 11.2. The van der Waals surface area contributed by atoms with E-state index in [1.165, 1.54) is 20.3 Å². The Labute approximate surface area is 81.9 Å². The van der Waals surface area contributed by atoms with E-state index in [4.69, 9.17) is 0 Å². The zero-order valence-corrected chi connectivity index (χ0v) is 8.14. The molecule has 5 heteroatoms. The van der Waals surface area contributed by atoms with Crippen molar-refractivity contribution in [1.82, 2.24) is 0 Å². The van der Waals surface area contributed by atoms with Gasteiger partial charge < -0.3 is 19.7 Å².